The number of nitrogens with zero attached hydrogens (tertiary/aromatic N) is 2. The first-order valence-corrected chi connectivity index (χ1v) is 8.77. The number of halogens is 1. The van der Waals surface area contributed by atoms with Gasteiger partial charge in [-0.3, -0.25) is 4.90 Å². The van der Waals surface area contributed by atoms with Crippen LogP contribution in [0, 0.1) is 3.57 Å². The van der Waals surface area contributed by atoms with Gasteiger partial charge >= 0.3 is 6.09 Å². The van der Waals surface area contributed by atoms with Crippen LogP contribution in [0.15, 0.2) is 54.6 Å². The molecular weight excluding hydrogens is 403 g/mol. The van der Waals surface area contributed by atoms with E-state index in [4.69, 9.17) is 4.74 Å². The van der Waals surface area contributed by atoms with E-state index in [0.29, 0.717) is 18.8 Å². The summed E-state index contributed by atoms with van der Waals surface area (Å²) in [6.45, 7) is 4.08. The highest BCUT2D eigenvalue weighted by Gasteiger charge is 2.22. The molecule has 1 fully saturated rings. The lowest BCUT2D eigenvalue weighted by Gasteiger charge is -2.34. The Bertz CT molecular complexity index is 638. The van der Waals surface area contributed by atoms with Crippen molar-refractivity contribution in [3.63, 3.8) is 0 Å². The first-order valence-electron chi connectivity index (χ1n) is 7.69. The lowest BCUT2D eigenvalue weighted by atomic mass is 10.2. The van der Waals surface area contributed by atoms with Crippen LogP contribution in [0.4, 0.5) is 4.79 Å². The van der Waals surface area contributed by atoms with Gasteiger partial charge in [0.25, 0.3) is 0 Å². The molecule has 0 saturated carbocycles. The van der Waals surface area contributed by atoms with E-state index in [0.717, 1.165) is 23.2 Å². The smallest absolute Gasteiger partial charge is 0.410 e. The minimum absolute atomic E-state index is 0.259. The SMILES string of the molecule is O=C(Oc1ccc(I)cc1)N1CCN(Cc2ccccc2)CC1. The number of hydrogen-bond acceptors (Lipinski definition) is 3. The van der Waals surface area contributed by atoms with Gasteiger partial charge in [0, 0.05) is 36.3 Å². The van der Waals surface area contributed by atoms with Crippen LogP contribution in [0.5, 0.6) is 5.75 Å². The summed E-state index contributed by atoms with van der Waals surface area (Å²) in [5.74, 6) is 0.599. The Hall–Kier alpha value is -1.60. The third kappa shape index (κ3) is 4.68. The van der Waals surface area contributed by atoms with Crippen molar-refractivity contribution in [2.24, 2.45) is 0 Å². The molecule has 0 spiro atoms. The largest absolute Gasteiger partial charge is 0.415 e. The number of carbonyl (C=O) groups excluding carboxylic acids is 1. The van der Waals surface area contributed by atoms with E-state index in [1.54, 1.807) is 4.90 Å². The topological polar surface area (TPSA) is 32.8 Å². The zero-order valence-electron chi connectivity index (χ0n) is 12.8. The zero-order valence-corrected chi connectivity index (χ0v) is 15.0. The van der Waals surface area contributed by atoms with E-state index >= 15 is 0 Å². The highest BCUT2D eigenvalue weighted by Crippen LogP contribution is 2.15. The summed E-state index contributed by atoms with van der Waals surface area (Å²) in [5.41, 5.74) is 1.31. The Kier molecular flexibility index (Phi) is 5.51. The van der Waals surface area contributed by atoms with Crippen LogP contribution in [0.3, 0.4) is 0 Å². The van der Waals surface area contributed by atoms with E-state index in [1.807, 2.05) is 30.3 Å². The lowest BCUT2D eigenvalue weighted by Crippen LogP contribution is -2.49. The summed E-state index contributed by atoms with van der Waals surface area (Å²) in [7, 11) is 0. The second kappa shape index (κ2) is 7.79. The number of ether oxygens (including phenoxy) is 1. The molecular formula is C18H19IN2O2. The van der Waals surface area contributed by atoms with Crippen LogP contribution in [0.25, 0.3) is 0 Å². The average molecular weight is 422 g/mol. The summed E-state index contributed by atoms with van der Waals surface area (Å²) >= 11 is 2.23. The maximum absolute atomic E-state index is 12.2. The summed E-state index contributed by atoms with van der Waals surface area (Å²) in [6, 6.07) is 17.9. The molecule has 0 aromatic heterocycles. The molecule has 1 aliphatic heterocycles. The van der Waals surface area contributed by atoms with Crippen LogP contribution in [-0.4, -0.2) is 42.1 Å². The van der Waals surface area contributed by atoms with Crippen molar-refractivity contribution in [2.45, 2.75) is 6.54 Å². The molecule has 23 heavy (non-hydrogen) atoms. The van der Waals surface area contributed by atoms with Crippen LogP contribution >= 0.6 is 22.6 Å². The molecule has 0 aliphatic carbocycles. The molecule has 2 aromatic rings. The summed E-state index contributed by atoms with van der Waals surface area (Å²) in [6.07, 6.45) is -0.259. The number of rotatable bonds is 3. The molecule has 0 radical (unpaired) electrons. The van der Waals surface area contributed by atoms with Crippen LogP contribution < -0.4 is 4.74 Å². The molecule has 5 heteroatoms. The van der Waals surface area contributed by atoms with E-state index in [9.17, 15) is 4.79 Å². The zero-order chi connectivity index (χ0) is 16.1. The predicted octanol–water partition coefficient (Wildman–Crippen LogP) is 3.61. The molecule has 1 saturated heterocycles. The van der Waals surface area contributed by atoms with Gasteiger partial charge in [0.1, 0.15) is 5.75 Å². The molecule has 1 aliphatic rings. The lowest BCUT2D eigenvalue weighted by molar-refractivity contribution is 0.108. The highest BCUT2D eigenvalue weighted by atomic mass is 127. The van der Waals surface area contributed by atoms with Crippen molar-refractivity contribution in [1.29, 1.82) is 0 Å². The van der Waals surface area contributed by atoms with Crippen LogP contribution in [-0.2, 0) is 6.54 Å². The molecule has 1 heterocycles. The molecule has 2 aromatic carbocycles. The quantitative estimate of drug-likeness (QED) is 0.709. The fraction of sp³-hybridized carbons (Fsp3) is 0.278. The summed E-state index contributed by atoms with van der Waals surface area (Å²) in [5, 5.41) is 0. The van der Waals surface area contributed by atoms with Crippen molar-refractivity contribution in [1.82, 2.24) is 9.80 Å². The van der Waals surface area contributed by atoms with E-state index in [-0.39, 0.29) is 6.09 Å². The average Bonchev–Trinajstić information content (AvgIpc) is 2.58. The fourth-order valence-electron chi connectivity index (χ4n) is 2.60. The van der Waals surface area contributed by atoms with Crippen molar-refractivity contribution >= 4 is 28.7 Å². The van der Waals surface area contributed by atoms with Gasteiger partial charge in [-0.25, -0.2) is 4.79 Å². The first-order chi connectivity index (χ1) is 11.2. The fourth-order valence-corrected chi connectivity index (χ4v) is 2.96. The number of benzene rings is 2. The number of hydrogen-bond donors (Lipinski definition) is 0. The van der Waals surface area contributed by atoms with E-state index in [2.05, 4.69) is 51.8 Å². The molecule has 4 nitrogen and oxygen atoms in total. The third-order valence-corrected chi connectivity index (χ3v) is 4.62. The normalized spacial score (nSPS) is 15.4. The van der Waals surface area contributed by atoms with Crippen LogP contribution in [0.1, 0.15) is 5.56 Å². The minimum Gasteiger partial charge on any atom is -0.410 e. The second-order valence-corrected chi connectivity index (χ2v) is 6.82. The van der Waals surface area contributed by atoms with Gasteiger partial charge in [-0.2, -0.15) is 0 Å². The first kappa shape index (κ1) is 16.3. The van der Waals surface area contributed by atoms with Gasteiger partial charge in [-0.1, -0.05) is 30.3 Å². The summed E-state index contributed by atoms with van der Waals surface area (Å²) < 4.78 is 6.55. The monoisotopic (exact) mass is 422 g/mol. The standard InChI is InChI=1S/C18H19IN2O2/c19-16-6-8-17(9-7-16)23-18(22)21-12-10-20(11-13-21)14-15-4-2-1-3-5-15/h1-9H,10-14H2. The Morgan fingerprint density at radius 3 is 2.26 bits per heavy atom. The number of amides is 1. The van der Waals surface area contributed by atoms with Crippen LogP contribution in [0.2, 0.25) is 0 Å². The third-order valence-electron chi connectivity index (χ3n) is 3.90. The number of piperazine rings is 1. The van der Waals surface area contributed by atoms with Gasteiger partial charge in [-0.15, -0.1) is 0 Å². The van der Waals surface area contributed by atoms with Gasteiger partial charge < -0.3 is 9.64 Å². The predicted molar refractivity (Wildman–Crippen MR) is 98.5 cm³/mol. The molecule has 3 rings (SSSR count). The van der Waals surface area contributed by atoms with Crippen molar-refractivity contribution < 1.29 is 9.53 Å². The molecule has 120 valence electrons. The molecule has 0 atom stereocenters. The summed E-state index contributed by atoms with van der Waals surface area (Å²) in [4.78, 5) is 16.3. The highest BCUT2D eigenvalue weighted by molar-refractivity contribution is 14.1. The van der Waals surface area contributed by atoms with Crippen molar-refractivity contribution in [2.75, 3.05) is 26.2 Å². The molecule has 1 amide bonds. The van der Waals surface area contributed by atoms with Gasteiger partial charge in [0.05, 0.1) is 0 Å². The Morgan fingerprint density at radius 2 is 1.61 bits per heavy atom. The Labute approximate surface area is 150 Å². The molecule has 0 N–H and O–H groups in total. The molecule has 0 bridgehead atoms. The maximum atomic E-state index is 12.2. The Morgan fingerprint density at radius 1 is 0.957 bits per heavy atom. The maximum Gasteiger partial charge on any atom is 0.415 e. The molecule has 0 unspecified atom stereocenters. The van der Waals surface area contributed by atoms with Gasteiger partial charge in [0.15, 0.2) is 0 Å². The van der Waals surface area contributed by atoms with Gasteiger partial charge in [0.2, 0.25) is 0 Å². The minimum atomic E-state index is -0.259. The van der Waals surface area contributed by atoms with Crippen molar-refractivity contribution in [3.8, 4) is 5.75 Å². The second-order valence-electron chi connectivity index (χ2n) is 5.57. The van der Waals surface area contributed by atoms with E-state index < -0.39 is 0 Å². The van der Waals surface area contributed by atoms with Crippen molar-refractivity contribution in [3.05, 3.63) is 63.7 Å². The van der Waals surface area contributed by atoms with Gasteiger partial charge in [-0.05, 0) is 52.4 Å². The Balaban J connectivity index is 1.48. The number of carbonyl (C=O) groups is 1. The van der Waals surface area contributed by atoms with E-state index in [1.165, 1.54) is 5.56 Å².